The van der Waals surface area contributed by atoms with Crippen molar-refractivity contribution >= 4 is 11.6 Å². The molecule has 0 aliphatic heterocycles. The van der Waals surface area contributed by atoms with E-state index >= 15 is 0 Å². The fourth-order valence-corrected chi connectivity index (χ4v) is 1.67. The Bertz CT molecular complexity index is 564. The van der Waals surface area contributed by atoms with Gasteiger partial charge in [-0.2, -0.15) is 0 Å². The summed E-state index contributed by atoms with van der Waals surface area (Å²) in [6.07, 6.45) is 3.65. The van der Waals surface area contributed by atoms with Crippen LogP contribution in [0.5, 0.6) is 0 Å². The summed E-state index contributed by atoms with van der Waals surface area (Å²) in [7, 11) is 0. The lowest BCUT2D eigenvalue weighted by Gasteiger charge is -2.11. The summed E-state index contributed by atoms with van der Waals surface area (Å²) < 4.78 is 13.6. The summed E-state index contributed by atoms with van der Waals surface area (Å²) in [4.78, 5) is 14.0. The number of halogens is 1. The zero-order valence-electron chi connectivity index (χ0n) is 9.96. The molecule has 94 valence electrons. The van der Waals surface area contributed by atoms with Crippen LogP contribution in [0.4, 0.5) is 10.1 Å². The van der Waals surface area contributed by atoms with E-state index in [0.717, 1.165) is 11.6 Å². The van der Waals surface area contributed by atoms with Gasteiger partial charge in [0.25, 0.3) is 0 Å². The lowest BCUT2D eigenvalue weighted by molar-refractivity contribution is 0.1000. The average Bonchev–Trinajstić information content (AvgIpc) is 2.83. The van der Waals surface area contributed by atoms with Crippen molar-refractivity contribution in [2.75, 3.05) is 5.32 Å². The van der Waals surface area contributed by atoms with E-state index in [4.69, 9.17) is 5.73 Å². The number of anilines is 1. The highest BCUT2D eigenvalue weighted by molar-refractivity contribution is 5.94. The fraction of sp³-hybridized carbons (Fsp3) is 0.154. The molecule has 0 fully saturated rings. The smallest absolute Gasteiger partial charge is 0.248 e. The number of aromatic amines is 1. The fourth-order valence-electron chi connectivity index (χ4n) is 1.67. The van der Waals surface area contributed by atoms with E-state index in [-0.39, 0.29) is 5.56 Å². The van der Waals surface area contributed by atoms with Crippen LogP contribution in [0.3, 0.4) is 0 Å². The van der Waals surface area contributed by atoms with Crippen molar-refractivity contribution in [2.45, 2.75) is 13.5 Å². The van der Waals surface area contributed by atoms with Gasteiger partial charge in [-0.3, -0.25) is 4.79 Å². The number of aromatic nitrogens is 1. The van der Waals surface area contributed by atoms with Crippen molar-refractivity contribution in [3.63, 3.8) is 0 Å². The Hall–Kier alpha value is -2.30. The van der Waals surface area contributed by atoms with Crippen molar-refractivity contribution in [3.8, 4) is 0 Å². The molecule has 1 heterocycles. The molecule has 0 bridgehead atoms. The minimum atomic E-state index is -0.640. The van der Waals surface area contributed by atoms with Gasteiger partial charge in [0, 0.05) is 35.8 Å². The number of hydrogen-bond acceptors (Lipinski definition) is 2. The lowest BCUT2D eigenvalue weighted by Crippen LogP contribution is -2.13. The van der Waals surface area contributed by atoms with Crippen molar-refractivity contribution in [1.82, 2.24) is 4.98 Å². The molecule has 18 heavy (non-hydrogen) atoms. The third kappa shape index (κ3) is 2.51. The molecular weight excluding hydrogens is 233 g/mol. The average molecular weight is 247 g/mol. The molecular formula is C13H14FN3O. The molecule has 0 spiro atoms. The van der Waals surface area contributed by atoms with Crippen LogP contribution in [0, 0.1) is 12.7 Å². The molecule has 2 rings (SSSR count). The first-order chi connectivity index (χ1) is 8.58. The second-order valence-electron chi connectivity index (χ2n) is 4.07. The van der Waals surface area contributed by atoms with E-state index in [1.165, 1.54) is 0 Å². The molecule has 1 amide bonds. The summed E-state index contributed by atoms with van der Waals surface area (Å²) >= 11 is 0. The zero-order valence-corrected chi connectivity index (χ0v) is 9.96. The minimum absolute atomic E-state index is 0.162. The summed E-state index contributed by atoms with van der Waals surface area (Å²) in [5.74, 6) is -1.08. The number of benzene rings is 1. The number of primary amides is 1. The molecule has 0 aliphatic carbocycles. The van der Waals surface area contributed by atoms with E-state index in [1.807, 2.05) is 18.5 Å². The Morgan fingerprint density at radius 1 is 1.50 bits per heavy atom. The molecule has 0 atom stereocenters. The predicted octanol–water partition coefficient (Wildman–Crippen LogP) is 2.17. The van der Waals surface area contributed by atoms with Crippen molar-refractivity contribution in [2.24, 2.45) is 5.73 Å². The summed E-state index contributed by atoms with van der Waals surface area (Å²) in [6, 6.07) is 4.63. The van der Waals surface area contributed by atoms with E-state index in [1.54, 1.807) is 13.0 Å². The largest absolute Gasteiger partial charge is 0.381 e. The number of H-pyrrole nitrogens is 1. The van der Waals surface area contributed by atoms with Crippen LogP contribution in [0.25, 0.3) is 0 Å². The van der Waals surface area contributed by atoms with Crippen LogP contribution in [-0.2, 0) is 6.54 Å². The third-order valence-corrected chi connectivity index (χ3v) is 2.77. The van der Waals surface area contributed by atoms with Crippen molar-refractivity contribution in [1.29, 1.82) is 0 Å². The van der Waals surface area contributed by atoms with Gasteiger partial charge < -0.3 is 16.0 Å². The van der Waals surface area contributed by atoms with E-state index < -0.39 is 11.7 Å². The van der Waals surface area contributed by atoms with Crippen LogP contribution in [0.1, 0.15) is 21.5 Å². The van der Waals surface area contributed by atoms with E-state index in [0.29, 0.717) is 17.8 Å². The summed E-state index contributed by atoms with van der Waals surface area (Å²) in [6.45, 7) is 2.20. The second kappa shape index (κ2) is 4.91. The Kier molecular flexibility index (Phi) is 3.32. The standard InChI is InChI=1S/C13H14FN3O/c1-8-11(14)4-10(13(15)18)5-12(8)17-7-9-2-3-16-6-9/h2-6,16-17H,7H2,1H3,(H2,15,18). The molecule has 4 N–H and O–H groups in total. The highest BCUT2D eigenvalue weighted by atomic mass is 19.1. The van der Waals surface area contributed by atoms with Gasteiger partial charge in [-0.1, -0.05) is 0 Å². The minimum Gasteiger partial charge on any atom is -0.381 e. The maximum Gasteiger partial charge on any atom is 0.248 e. The first kappa shape index (κ1) is 12.2. The monoisotopic (exact) mass is 247 g/mol. The highest BCUT2D eigenvalue weighted by Gasteiger charge is 2.10. The number of nitrogens with one attached hydrogen (secondary N) is 2. The maximum atomic E-state index is 13.6. The Labute approximate surface area is 104 Å². The molecule has 4 nitrogen and oxygen atoms in total. The highest BCUT2D eigenvalue weighted by Crippen LogP contribution is 2.21. The molecule has 0 aliphatic rings. The predicted molar refractivity (Wildman–Crippen MR) is 67.8 cm³/mol. The molecule has 2 aromatic rings. The van der Waals surface area contributed by atoms with Crippen molar-refractivity contribution < 1.29 is 9.18 Å². The number of nitrogens with two attached hydrogens (primary N) is 1. The van der Waals surface area contributed by atoms with Gasteiger partial charge in [0.05, 0.1) is 0 Å². The van der Waals surface area contributed by atoms with E-state index in [2.05, 4.69) is 10.3 Å². The topological polar surface area (TPSA) is 70.9 Å². The molecule has 0 saturated heterocycles. The van der Waals surface area contributed by atoms with Gasteiger partial charge in [0.15, 0.2) is 0 Å². The first-order valence-corrected chi connectivity index (χ1v) is 5.53. The molecule has 5 heteroatoms. The second-order valence-corrected chi connectivity index (χ2v) is 4.07. The van der Waals surface area contributed by atoms with Crippen LogP contribution in [0.2, 0.25) is 0 Å². The van der Waals surface area contributed by atoms with Gasteiger partial charge >= 0.3 is 0 Å². The van der Waals surface area contributed by atoms with Gasteiger partial charge in [-0.15, -0.1) is 0 Å². The van der Waals surface area contributed by atoms with Crippen LogP contribution in [0.15, 0.2) is 30.6 Å². The van der Waals surface area contributed by atoms with Gasteiger partial charge in [-0.05, 0) is 30.7 Å². The molecule has 1 aromatic heterocycles. The van der Waals surface area contributed by atoms with E-state index in [9.17, 15) is 9.18 Å². The summed E-state index contributed by atoms with van der Waals surface area (Å²) in [5.41, 5.74) is 7.40. The summed E-state index contributed by atoms with van der Waals surface area (Å²) in [5, 5.41) is 3.08. The number of amides is 1. The van der Waals surface area contributed by atoms with Crippen molar-refractivity contribution in [3.05, 3.63) is 53.1 Å². The zero-order chi connectivity index (χ0) is 13.1. The first-order valence-electron chi connectivity index (χ1n) is 5.53. The Balaban J connectivity index is 2.23. The van der Waals surface area contributed by atoms with Gasteiger partial charge in [0.2, 0.25) is 5.91 Å². The molecule has 1 aromatic carbocycles. The van der Waals surface area contributed by atoms with Crippen LogP contribution < -0.4 is 11.1 Å². The molecule has 0 unspecified atom stereocenters. The third-order valence-electron chi connectivity index (χ3n) is 2.77. The van der Waals surface area contributed by atoms with Gasteiger partial charge in [0.1, 0.15) is 5.82 Å². The quantitative estimate of drug-likeness (QED) is 0.774. The molecule has 0 radical (unpaired) electrons. The number of carbonyl (C=O) groups excluding carboxylic acids is 1. The van der Waals surface area contributed by atoms with Crippen LogP contribution in [-0.4, -0.2) is 10.9 Å². The Morgan fingerprint density at radius 2 is 2.28 bits per heavy atom. The van der Waals surface area contributed by atoms with Gasteiger partial charge in [-0.25, -0.2) is 4.39 Å². The Morgan fingerprint density at radius 3 is 2.89 bits per heavy atom. The number of hydrogen-bond donors (Lipinski definition) is 3. The lowest BCUT2D eigenvalue weighted by atomic mass is 10.1. The molecule has 0 saturated carbocycles. The number of carbonyl (C=O) groups is 1. The SMILES string of the molecule is Cc1c(F)cc(C(N)=O)cc1NCc1cc[nH]c1. The maximum absolute atomic E-state index is 13.6. The van der Waals surface area contributed by atoms with Crippen LogP contribution >= 0.6 is 0 Å². The number of rotatable bonds is 4. The normalized spacial score (nSPS) is 10.3.